The number of halogens is 2. The lowest BCUT2D eigenvalue weighted by molar-refractivity contribution is -0.385. The molecule has 1 rings (SSSR count). The lowest BCUT2D eigenvalue weighted by Crippen LogP contribution is -2.32. The normalized spacial score (nSPS) is 11.9. The van der Waals surface area contributed by atoms with Crippen molar-refractivity contribution in [1.82, 2.24) is 4.90 Å². The van der Waals surface area contributed by atoms with E-state index in [0.717, 1.165) is 11.0 Å². The van der Waals surface area contributed by atoms with Gasteiger partial charge in [0.25, 0.3) is 11.6 Å². The van der Waals surface area contributed by atoms with Crippen LogP contribution in [0.25, 0.3) is 0 Å². The number of sulfone groups is 1. The van der Waals surface area contributed by atoms with Crippen LogP contribution in [0, 0.1) is 10.1 Å². The van der Waals surface area contributed by atoms with Crippen LogP contribution in [0.2, 0.25) is 0 Å². The number of benzene rings is 1. The molecule has 0 saturated carbocycles. The number of likely N-dealkylation sites (N-methyl/N-ethyl adjacent to an activating group) is 1. The molecule has 12 nitrogen and oxygen atoms in total. The number of carbonyl (C=O) groups is 1. The number of anilines is 1. The monoisotopic (exact) mass is 623 g/mol. The highest BCUT2D eigenvalue weighted by Crippen LogP contribution is 2.36. The maximum atomic E-state index is 12.9. The molecule has 1 amide bonds. The molecule has 16 heteroatoms. The quantitative estimate of drug-likeness (QED) is 0.144. The first-order valence-electron chi connectivity index (χ1n) is 9.16. The van der Waals surface area contributed by atoms with Crippen LogP contribution < -0.4 is 4.90 Å². The van der Waals surface area contributed by atoms with E-state index in [1.807, 2.05) is 0 Å². The predicted molar refractivity (Wildman–Crippen MR) is 126 cm³/mol. The number of phosphoric ester groups is 1. The van der Waals surface area contributed by atoms with E-state index in [0.29, 0.717) is 23.7 Å². The molecule has 0 fully saturated rings. The van der Waals surface area contributed by atoms with E-state index in [2.05, 4.69) is 36.4 Å². The summed E-state index contributed by atoms with van der Waals surface area (Å²) in [4.78, 5) is 43.7. The van der Waals surface area contributed by atoms with Crippen molar-refractivity contribution in [3.05, 3.63) is 27.8 Å². The summed E-state index contributed by atoms with van der Waals surface area (Å²) in [5, 5.41) is 12.6. The van der Waals surface area contributed by atoms with Gasteiger partial charge in [-0.2, -0.15) is 0 Å². The summed E-state index contributed by atoms with van der Waals surface area (Å²) in [7, 11) is -7.33. The summed E-state index contributed by atoms with van der Waals surface area (Å²) >= 11 is 6.59. The number of hydrogen-bond acceptors (Lipinski definition) is 8. The lowest BCUT2D eigenvalue weighted by atomic mass is 10.1. The number of phosphoric acid groups is 1. The van der Waals surface area contributed by atoms with E-state index in [1.54, 1.807) is 4.90 Å². The van der Waals surface area contributed by atoms with Gasteiger partial charge in [0.15, 0.2) is 9.84 Å². The van der Waals surface area contributed by atoms with E-state index in [-0.39, 0.29) is 28.4 Å². The van der Waals surface area contributed by atoms with Gasteiger partial charge >= 0.3 is 7.82 Å². The molecule has 182 valence electrons. The zero-order chi connectivity index (χ0) is 24.7. The van der Waals surface area contributed by atoms with Gasteiger partial charge in [-0.15, -0.1) is 0 Å². The second-order valence-electron chi connectivity index (χ2n) is 6.41. The van der Waals surface area contributed by atoms with Gasteiger partial charge < -0.3 is 19.6 Å². The van der Waals surface area contributed by atoms with Crippen molar-refractivity contribution < 1.29 is 37.0 Å². The highest BCUT2D eigenvalue weighted by molar-refractivity contribution is 9.09. The molecule has 1 aromatic carbocycles. The van der Waals surface area contributed by atoms with Crippen LogP contribution in [-0.4, -0.2) is 83.6 Å². The Morgan fingerprint density at radius 3 is 2.22 bits per heavy atom. The Labute approximate surface area is 202 Å². The number of amides is 1. The number of alkyl halides is 2. The van der Waals surface area contributed by atoms with Gasteiger partial charge in [0.1, 0.15) is 5.56 Å². The van der Waals surface area contributed by atoms with Crippen LogP contribution in [0.1, 0.15) is 17.3 Å². The average Bonchev–Trinajstić information content (AvgIpc) is 2.70. The Morgan fingerprint density at radius 2 is 1.78 bits per heavy atom. The predicted octanol–water partition coefficient (Wildman–Crippen LogP) is 2.17. The van der Waals surface area contributed by atoms with Crippen LogP contribution in [0.4, 0.5) is 11.4 Å². The third-order valence-corrected chi connectivity index (χ3v) is 7.29. The minimum Gasteiger partial charge on any atom is -0.369 e. The zero-order valence-electron chi connectivity index (χ0n) is 17.3. The molecule has 0 radical (unpaired) electrons. The van der Waals surface area contributed by atoms with Crippen molar-refractivity contribution in [3.63, 3.8) is 0 Å². The molecule has 0 atom stereocenters. The van der Waals surface area contributed by atoms with Crippen LogP contribution in [-0.2, 0) is 18.9 Å². The molecule has 2 N–H and O–H groups in total. The van der Waals surface area contributed by atoms with Crippen molar-refractivity contribution in [2.75, 3.05) is 54.6 Å². The Bertz CT molecular complexity index is 981. The number of rotatable bonds is 13. The molecule has 0 saturated heterocycles. The molecule has 1 aromatic rings. The van der Waals surface area contributed by atoms with E-state index in [9.17, 15) is 27.9 Å². The fraction of sp³-hybridized carbons (Fsp3) is 0.562. The Kier molecular flexibility index (Phi) is 11.2. The lowest BCUT2D eigenvalue weighted by Gasteiger charge is -2.26. The number of nitro groups is 1. The molecule has 0 heterocycles. The Morgan fingerprint density at radius 1 is 1.22 bits per heavy atom. The summed E-state index contributed by atoms with van der Waals surface area (Å²) in [6, 6.07) is 2.06. The van der Waals surface area contributed by atoms with Crippen molar-refractivity contribution in [2.24, 2.45) is 0 Å². The summed E-state index contributed by atoms with van der Waals surface area (Å²) in [6.45, 7) is 1.38. The van der Waals surface area contributed by atoms with Gasteiger partial charge in [0.05, 0.1) is 27.9 Å². The first-order chi connectivity index (χ1) is 14.8. The summed E-state index contributed by atoms with van der Waals surface area (Å²) in [6.07, 6.45) is 0. The van der Waals surface area contributed by atoms with Crippen LogP contribution in [0.5, 0.6) is 0 Å². The summed E-state index contributed by atoms with van der Waals surface area (Å²) in [5.41, 5.74) is -0.890. The van der Waals surface area contributed by atoms with Gasteiger partial charge in [-0.25, -0.2) is 13.0 Å². The number of carbonyl (C=O) groups excluding carboxylic acids is 1. The van der Waals surface area contributed by atoms with Crippen molar-refractivity contribution in [3.8, 4) is 0 Å². The molecule has 0 aliphatic carbocycles. The molecule has 32 heavy (non-hydrogen) atoms. The average molecular weight is 625 g/mol. The third-order valence-electron chi connectivity index (χ3n) is 4.30. The Hall–Kier alpha value is -1.09. The maximum absolute atomic E-state index is 12.9. The van der Waals surface area contributed by atoms with Crippen molar-refractivity contribution >= 4 is 66.8 Å². The molecule has 0 spiro atoms. The van der Waals surface area contributed by atoms with E-state index < -0.39 is 40.8 Å². The second kappa shape index (κ2) is 12.4. The van der Waals surface area contributed by atoms with Crippen LogP contribution >= 0.6 is 39.7 Å². The maximum Gasteiger partial charge on any atom is 0.469 e. The first-order valence-corrected chi connectivity index (χ1v) is 14.6. The van der Waals surface area contributed by atoms with E-state index >= 15 is 0 Å². The van der Waals surface area contributed by atoms with Crippen LogP contribution in [0.15, 0.2) is 17.0 Å². The highest BCUT2D eigenvalue weighted by atomic mass is 79.9. The van der Waals surface area contributed by atoms with E-state index in [4.69, 9.17) is 9.79 Å². The molecular formula is C16H24Br2N3O9PS. The molecule has 0 aliphatic rings. The molecule has 0 aromatic heterocycles. The largest absolute Gasteiger partial charge is 0.469 e. The topological polar surface area (TPSA) is 168 Å². The van der Waals surface area contributed by atoms with Crippen LogP contribution in [0.3, 0.4) is 0 Å². The van der Waals surface area contributed by atoms with Gasteiger partial charge in [-0.1, -0.05) is 38.8 Å². The fourth-order valence-electron chi connectivity index (χ4n) is 2.69. The Balaban J connectivity index is 3.59. The fourth-order valence-corrected chi connectivity index (χ4v) is 4.98. The van der Waals surface area contributed by atoms with Gasteiger partial charge in [-0.3, -0.25) is 19.4 Å². The number of nitrogens with zero attached hydrogens (tertiary/aromatic N) is 3. The van der Waals surface area contributed by atoms with Gasteiger partial charge in [0.2, 0.25) is 0 Å². The number of hydrogen-bond donors (Lipinski definition) is 2. The van der Waals surface area contributed by atoms with E-state index in [1.165, 1.54) is 20.0 Å². The zero-order valence-corrected chi connectivity index (χ0v) is 22.2. The van der Waals surface area contributed by atoms with Gasteiger partial charge in [-0.05, 0) is 6.07 Å². The number of nitro benzene ring substituents is 1. The second-order valence-corrected chi connectivity index (χ2v) is 11.5. The van der Waals surface area contributed by atoms with Gasteiger partial charge in [0, 0.05) is 43.4 Å². The molecular weight excluding hydrogens is 601 g/mol. The summed E-state index contributed by atoms with van der Waals surface area (Å²) < 4.78 is 40.5. The molecule has 0 bridgehead atoms. The smallest absolute Gasteiger partial charge is 0.369 e. The minimum absolute atomic E-state index is 0.152. The standard InChI is InChI=1S/C16H24Br2N3O9PS/c1-3-32(28,29)15-11-13(21(23)24)12(10-14(15)20(6-4-17)7-5-18)16(22)19(2)8-9-30-31(25,26)27/h10-11H,3-9H2,1-2H3,(H2,25,26,27). The summed E-state index contributed by atoms with van der Waals surface area (Å²) in [5.74, 6) is -1.12. The SMILES string of the molecule is CCS(=O)(=O)c1cc([N+](=O)[O-])c(C(=O)N(C)CCOP(=O)(O)O)cc1N(CCBr)CCBr. The molecule has 0 unspecified atom stereocenters. The molecule has 0 aliphatic heterocycles. The van der Waals surface area contributed by atoms with Crippen molar-refractivity contribution in [2.45, 2.75) is 11.8 Å². The first kappa shape index (κ1) is 28.9. The third kappa shape index (κ3) is 8.04. The highest BCUT2D eigenvalue weighted by Gasteiger charge is 2.31. The van der Waals surface area contributed by atoms with Crippen molar-refractivity contribution in [1.29, 1.82) is 0 Å². The minimum atomic E-state index is -4.74.